The molecule has 0 atom stereocenters. The number of furan rings is 1. The molecule has 3 rings (SSSR count). The third-order valence-electron chi connectivity index (χ3n) is 3.90. The van der Waals surface area contributed by atoms with Crippen LogP contribution in [-0.2, 0) is 17.9 Å². The Morgan fingerprint density at radius 2 is 1.97 bits per heavy atom. The molecule has 0 spiro atoms. The van der Waals surface area contributed by atoms with Crippen LogP contribution in [-0.4, -0.2) is 32.3 Å². The number of hydrogen-bond acceptors (Lipinski definition) is 6. The van der Waals surface area contributed by atoms with Crippen LogP contribution in [0, 0.1) is 17.5 Å². The number of anilines is 1. The molecule has 0 aliphatic heterocycles. The highest BCUT2D eigenvalue weighted by molar-refractivity contribution is 7.99. The second-order valence-electron chi connectivity index (χ2n) is 5.86. The molecule has 0 aliphatic rings. The number of rotatable bonds is 8. The number of hydrogen-bond donors (Lipinski definition) is 2. The van der Waals surface area contributed by atoms with E-state index in [1.54, 1.807) is 10.6 Å². The summed E-state index contributed by atoms with van der Waals surface area (Å²) in [5.74, 6) is -5.07. The third kappa shape index (κ3) is 4.82. The highest BCUT2D eigenvalue weighted by atomic mass is 32.2. The van der Waals surface area contributed by atoms with E-state index in [2.05, 4.69) is 20.8 Å². The Bertz CT molecular complexity index is 1060. The smallest absolute Gasteiger partial charge is 0.287 e. The largest absolute Gasteiger partial charge is 0.459 e. The molecule has 12 heteroatoms. The first-order valence-electron chi connectivity index (χ1n) is 8.70. The van der Waals surface area contributed by atoms with Crippen LogP contribution >= 0.6 is 11.8 Å². The minimum atomic E-state index is -1.66. The lowest BCUT2D eigenvalue weighted by molar-refractivity contribution is -0.113. The fourth-order valence-electron chi connectivity index (χ4n) is 2.47. The van der Waals surface area contributed by atoms with Crippen molar-refractivity contribution < 1.29 is 27.2 Å². The number of benzene rings is 1. The van der Waals surface area contributed by atoms with Gasteiger partial charge in [-0.25, -0.2) is 13.2 Å². The van der Waals surface area contributed by atoms with E-state index >= 15 is 0 Å². The number of amides is 2. The molecule has 0 radical (unpaired) electrons. The zero-order valence-electron chi connectivity index (χ0n) is 15.6. The quantitative estimate of drug-likeness (QED) is 0.413. The van der Waals surface area contributed by atoms with Gasteiger partial charge in [0.2, 0.25) is 5.91 Å². The predicted octanol–water partition coefficient (Wildman–Crippen LogP) is 2.97. The second-order valence-corrected chi connectivity index (χ2v) is 6.81. The van der Waals surface area contributed by atoms with Crippen molar-refractivity contribution in [2.24, 2.45) is 0 Å². The maximum Gasteiger partial charge on any atom is 0.287 e. The van der Waals surface area contributed by atoms with Crippen molar-refractivity contribution in [2.45, 2.75) is 25.2 Å². The van der Waals surface area contributed by atoms with E-state index in [0.717, 1.165) is 23.9 Å². The summed E-state index contributed by atoms with van der Waals surface area (Å²) in [5.41, 5.74) is -0.460. The number of nitrogens with one attached hydrogen (secondary N) is 2. The van der Waals surface area contributed by atoms with Crippen LogP contribution in [0.3, 0.4) is 0 Å². The van der Waals surface area contributed by atoms with Gasteiger partial charge in [-0.15, -0.1) is 10.2 Å². The van der Waals surface area contributed by atoms with Gasteiger partial charge < -0.3 is 19.6 Å². The molecule has 0 aliphatic carbocycles. The summed E-state index contributed by atoms with van der Waals surface area (Å²) in [7, 11) is 0. The average Bonchev–Trinajstić information content (AvgIpc) is 3.40. The monoisotopic (exact) mass is 439 g/mol. The van der Waals surface area contributed by atoms with Gasteiger partial charge in [0.1, 0.15) is 0 Å². The molecule has 2 heterocycles. The molecular formula is C18H16F3N5O3S. The van der Waals surface area contributed by atoms with Gasteiger partial charge in [-0.2, -0.15) is 0 Å². The van der Waals surface area contributed by atoms with E-state index in [1.807, 2.05) is 6.92 Å². The van der Waals surface area contributed by atoms with Crippen LogP contribution < -0.4 is 10.6 Å². The molecule has 8 nitrogen and oxygen atoms in total. The molecule has 0 unspecified atom stereocenters. The highest BCUT2D eigenvalue weighted by Gasteiger charge is 2.18. The van der Waals surface area contributed by atoms with Gasteiger partial charge in [-0.1, -0.05) is 11.8 Å². The molecule has 158 valence electrons. The molecular weight excluding hydrogens is 423 g/mol. The molecule has 1 aromatic carbocycles. The van der Waals surface area contributed by atoms with Gasteiger partial charge >= 0.3 is 0 Å². The summed E-state index contributed by atoms with van der Waals surface area (Å²) in [6, 6.07) is 4.77. The normalized spacial score (nSPS) is 10.8. The Kier molecular flexibility index (Phi) is 6.77. The van der Waals surface area contributed by atoms with Gasteiger partial charge in [0.05, 0.1) is 24.2 Å². The van der Waals surface area contributed by atoms with E-state index in [1.165, 1.54) is 12.3 Å². The van der Waals surface area contributed by atoms with E-state index in [-0.39, 0.29) is 18.1 Å². The first-order valence-corrected chi connectivity index (χ1v) is 9.69. The zero-order valence-corrected chi connectivity index (χ0v) is 16.4. The molecule has 30 heavy (non-hydrogen) atoms. The van der Waals surface area contributed by atoms with Crippen molar-refractivity contribution in [1.29, 1.82) is 0 Å². The standard InChI is InChI=1S/C18H16F3N5O3S/c1-2-26-13(8-22-17(28)12-4-3-7-29-12)24-25-18(26)30-9-14(27)23-11-6-5-10(19)15(20)16(11)21/h3-7H,2,8-9H2,1H3,(H,22,28)(H,23,27). The van der Waals surface area contributed by atoms with Crippen LogP contribution in [0.15, 0.2) is 40.1 Å². The number of nitrogens with zero attached hydrogens (tertiary/aromatic N) is 3. The number of carbonyl (C=O) groups excluding carboxylic acids is 2. The van der Waals surface area contributed by atoms with E-state index in [4.69, 9.17) is 4.42 Å². The summed E-state index contributed by atoms with van der Waals surface area (Å²) in [4.78, 5) is 24.0. The zero-order chi connectivity index (χ0) is 21.7. The molecule has 0 saturated carbocycles. The minimum Gasteiger partial charge on any atom is -0.459 e. The first-order chi connectivity index (χ1) is 14.4. The maximum absolute atomic E-state index is 13.7. The number of aromatic nitrogens is 3. The first kappa shape index (κ1) is 21.4. The van der Waals surface area contributed by atoms with Crippen molar-refractivity contribution in [2.75, 3.05) is 11.1 Å². The lowest BCUT2D eigenvalue weighted by atomic mass is 10.3. The van der Waals surface area contributed by atoms with Gasteiger partial charge in [-0.3, -0.25) is 9.59 Å². The van der Waals surface area contributed by atoms with Crippen LogP contribution in [0.2, 0.25) is 0 Å². The Balaban J connectivity index is 1.58. The molecule has 2 N–H and O–H groups in total. The van der Waals surface area contributed by atoms with Crippen LogP contribution in [0.4, 0.5) is 18.9 Å². The van der Waals surface area contributed by atoms with E-state index < -0.39 is 35.0 Å². The van der Waals surface area contributed by atoms with Crippen molar-refractivity contribution in [3.05, 3.63) is 59.6 Å². The average molecular weight is 439 g/mol. The fraction of sp³-hybridized carbons (Fsp3) is 0.222. The number of carbonyl (C=O) groups is 2. The van der Waals surface area contributed by atoms with Gasteiger partial charge in [0.15, 0.2) is 34.2 Å². The topological polar surface area (TPSA) is 102 Å². The lowest BCUT2D eigenvalue weighted by Crippen LogP contribution is -2.24. The van der Waals surface area contributed by atoms with Crippen LogP contribution in [0.5, 0.6) is 0 Å². The Morgan fingerprint density at radius 1 is 1.17 bits per heavy atom. The van der Waals surface area contributed by atoms with Crippen molar-refractivity contribution >= 4 is 29.3 Å². The molecule has 0 bridgehead atoms. The summed E-state index contributed by atoms with van der Waals surface area (Å²) in [6.45, 7) is 2.40. The second kappa shape index (κ2) is 9.48. The minimum absolute atomic E-state index is 0.0905. The van der Waals surface area contributed by atoms with Gasteiger partial charge in [0, 0.05) is 6.54 Å². The van der Waals surface area contributed by atoms with E-state index in [9.17, 15) is 22.8 Å². The lowest BCUT2D eigenvalue weighted by Gasteiger charge is -2.09. The summed E-state index contributed by atoms with van der Waals surface area (Å²) < 4.78 is 46.6. The van der Waals surface area contributed by atoms with E-state index in [0.29, 0.717) is 17.5 Å². The maximum atomic E-state index is 13.7. The summed E-state index contributed by atoms with van der Waals surface area (Å²) >= 11 is 1.02. The predicted molar refractivity (Wildman–Crippen MR) is 101 cm³/mol. The van der Waals surface area contributed by atoms with Gasteiger partial charge in [0.25, 0.3) is 5.91 Å². The summed E-state index contributed by atoms with van der Waals surface area (Å²) in [5, 5.41) is 13.2. The Hall–Kier alpha value is -3.28. The number of thioether (sulfide) groups is 1. The van der Waals surface area contributed by atoms with Gasteiger partial charge in [-0.05, 0) is 31.2 Å². The van der Waals surface area contributed by atoms with Crippen LogP contribution in [0.1, 0.15) is 23.3 Å². The SMILES string of the molecule is CCn1c(CNC(=O)c2ccco2)nnc1SCC(=O)Nc1ccc(F)c(F)c1F. The molecule has 2 amide bonds. The van der Waals surface area contributed by atoms with Crippen LogP contribution in [0.25, 0.3) is 0 Å². The molecule has 3 aromatic rings. The molecule has 2 aromatic heterocycles. The van der Waals surface area contributed by atoms with Crippen molar-refractivity contribution in [1.82, 2.24) is 20.1 Å². The molecule has 0 fully saturated rings. The number of halogens is 3. The Labute approximate surface area is 172 Å². The third-order valence-corrected chi connectivity index (χ3v) is 4.87. The summed E-state index contributed by atoms with van der Waals surface area (Å²) in [6.07, 6.45) is 1.38. The van der Waals surface area contributed by atoms with Crippen molar-refractivity contribution in [3.63, 3.8) is 0 Å². The van der Waals surface area contributed by atoms with Crippen molar-refractivity contribution in [3.8, 4) is 0 Å². The highest BCUT2D eigenvalue weighted by Crippen LogP contribution is 2.21. The fourth-order valence-corrected chi connectivity index (χ4v) is 3.29. The Morgan fingerprint density at radius 3 is 2.67 bits per heavy atom. The molecule has 0 saturated heterocycles.